The lowest BCUT2D eigenvalue weighted by atomic mass is 9.75. The highest BCUT2D eigenvalue weighted by Gasteiger charge is 2.35. The van der Waals surface area contributed by atoms with Crippen molar-refractivity contribution in [2.75, 3.05) is 0 Å². The largest absolute Gasteiger partial charge is 0.393 e. The number of rotatable bonds is 6. The number of amides is 1. The Labute approximate surface area is 158 Å². The first-order valence-corrected chi connectivity index (χ1v) is 9.29. The van der Waals surface area contributed by atoms with Crippen molar-refractivity contribution >= 4 is 5.91 Å². The van der Waals surface area contributed by atoms with Gasteiger partial charge in [-0.25, -0.2) is 0 Å². The van der Waals surface area contributed by atoms with Gasteiger partial charge < -0.3 is 10.4 Å². The van der Waals surface area contributed by atoms with Crippen molar-refractivity contribution in [1.82, 2.24) is 15.1 Å². The third-order valence-electron chi connectivity index (χ3n) is 5.16. The van der Waals surface area contributed by atoms with Gasteiger partial charge in [0.1, 0.15) is 0 Å². The molecule has 0 unspecified atom stereocenters. The van der Waals surface area contributed by atoms with Gasteiger partial charge in [0.15, 0.2) is 0 Å². The minimum absolute atomic E-state index is 0.0862. The lowest BCUT2D eigenvalue weighted by molar-refractivity contribution is 0.0235. The molecular formula is C22H23N3O2. The highest BCUT2D eigenvalue weighted by Crippen LogP contribution is 2.38. The van der Waals surface area contributed by atoms with Crippen LogP contribution in [0.15, 0.2) is 73.1 Å². The SMILES string of the molecule is O=C(N[C@@H](c1ccccc1)C1CC(O)C1)c1cccc(Cn2cccn2)c1. The van der Waals surface area contributed by atoms with Crippen molar-refractivity contribution in [3.8, 4) is 0 Å². The van der Waals surface area contributed by atoms with E-state index in [2.05, 4.69) is 10.4 Å². The Morgan fingerprint density at radius 2 is 1.96 bits per heavy atom. The lowest BCUT2D eigenvalue weighted by Gasteiger charge is -2.38. The second-order valence-corrected chi connectivity index (χ2v) is 7.15. The van der Waals surface area contributed by atoms with E-state index in [0.29, 0.717) is 12.1 Å². The first-order valence-electron chi connectivity index (χ1n) is 9.29. The normalized spacial score (nSPS) is 19.9. The molecule has 1 saturated carbocycles. The van der Waals surface area contributed by atoms with Gasteiger partial charge in [-0.1, -0.05) is 42.5 Å². The third kappa shape index (κ3) is 4.09. The molecule has 0 spiro atoms. The monoisotopic (exact) mass is 361 g/mol. The van der Waals surface area contributed by atoms with E-state index in [1.165, 1.54) is 0 Å². The fourth-order valence-electron chi connectivity index (χ4n) is 3.65. The molecule has 5 heteroatoms. The van der Waals surface area contributed by atoms with Crippen LogP contribution in [0, 0.1) is 5.92 Å². The molecule has 5 nitrogen and oxygen atoms in total. The number of hydrogen-bond acceptors (Lipinski definition) is 3. The molecule has 1 atom stereocenters. The zero-order valence-electron chi connectivity index (χ0n) is 15.0. The molecule has 4 rings (SSSR count). The van der Waals surface area contributed by atoms with E-state index in [9.17, 15) is 9.90 Å². The van der Waals surface area contributed by atoms with Crippen LogP contribution < -0.4 is 5.32 Å². The van der Waals surface area contributed by atoms with Gasteiger partial charge >= 0.3 is 0 Å². The Bertz CT molecular complexity index is 887. The average Bonchev–Trinajstić information content (AvgIpc) is 3.17. The number of carbonyl (C=O) groups is 1. The highest BCUT2D eigenvalue weighted by atomic mass is 16.3. The van der Waals surface area contributed by atoms with Gasteiger partial charge in [0, 0.05) is 18.0 Å². The number of carbonyl (C=O) groups excluding carboxylic acids is 1. The van der Waals surface area contributed by atoms with E-state index in [0.717, 1.165) is 24.0 Å². The van der Waals surface area contributed by atoms with Gasteiger partial charge in [0.2, 0.25) is 0 Å². The molecule has 27 heavy (non-hydrogen) atoms. The summed E-state index contributed by atoms with van der Waals surface area (Å²) in [7, 11) is 0. The second-order valence-electron chi connectivity index (χ2n) is 7.15. The predicted molar refractivity (Wildman–Crippen MR) is 103 cm³/mol. The molecule has 0 saturated heterocycles. The van der Waals surface area contributed by atoms with Gasteiger partial charge in [-0.3, -0.25) is 9.48 Å². The second kappa shape index (κ2) is 7.76. The molecule has 1 heterocycles. The minimum Gasteiger partial charge on any atom is -0.393 e. The lowest BCUT2D eigenvalue weighted by Crippen LogP contribution is -2.41. The maximum Gasteiger partial charge on any atom is 0.251 e. The minimum atomic E-state index is -0.254. The van der Waals surface area contributed by atoms with Crippen LogP contribution >= 0.6 is 0 Å². The van der Waals surface area contributed by atoms with Crippen molar-refractivity contribution in [2.45, 2.75) is 31.5 Å². The Morgan fingerprint density at radius 1 is 1.15 bits per heavy atom. The Morgan fingerprint density at radius 3 is 2.67 bits per heavy atom. The summed E-state index contributed by atoms with van der Waals surface area (Å²) >= 11 is 0. The van der Waals surface area contributed by atoms with Gasteiger partial charge in [-0.15, -0.1) is 0 Å². The molecule has 0 radical (unpaired) electrons. The number of benzene rings is 2. The van der Waals surface area contributed by atoms with E-state index in [-0.39, 0.29) is 24.0 Å². The quantitative estimate of drug-likeness (QED) is 0.709. The van der Waals surface area contributed by atoms with Crippen molar-refractivity contribution in [3.63, 3.8) is 0 Å². The maximum absolute atomic E-state index is 12.9. The first-order chi connectivity index (χ1) is 13.2. The van der Waals surface area contributed by atoms with E-state index in [1.807, 2.05) is 71.5 Å². The van der Waals surface area contributed by atoms with Gasteiger partial charge in [0.05, 0.1) is 18.7 Å². The number of aliphatic hydroxyl groups excluding tert-OH is 1. The number of nitrogens with one attached hydrogen (secondary N) is 1. The summed E-state index contributed by atoms with van der Waals surface area (Å²) < 4.78 is 1.83. The number of aromatic nitrogens is 2. The van der Waals surface area contributed by atoms with Crippen molar-refractivity contribution in [3.05, 3.63) is 89.7 Å². The molecule has 3 aromatic rings. The molecular weight excluding hydrogens is 338 g/mol. The smallest absolute Gasteiger partial charge is 0.251 e. The van der Waals surface area contributed by atoms with Crippen LogP contribution in [0.5, 0.6) is 0 Å². The summed E-state index contributed by atoms with van der Waals surface area (Å²) in [5.74, 6) is 0.172. The van der Waals surface area contributed by atoms with Crippen LogP contribution in [0.4, 0.5) is 0 Å². The zero-order chi connectivity index (χ0) is 18.6. The molecule has 1 amide bonds. The van der Waals surface area contributed by atoms with Crippen molar-refractivity contribution < 1.29 is 9.90 Å². The van der Waals surface area contributed by atoms with Crippen LogP contribution in [0.1, 0.15) is 40.4 Å². The molecule has 0 aliphatic heterocycles. The molecule has 2 N–H and O–H groups in total. The Hall–Kier alpha value is -2.92. The van der Waals surface area contributed by atoms with Crippen LogP contribution in [0.2, 0.25) is 0 Å². The molecule has 138 valence electrons. The summed E-state index contributed by atoms with van der Waals surface area (Å²) in [6, 6.07) is 19.4. The predicted octanol–water partition coefficient (Wildman–Crippen LogP) is 3.17. The van der Waals surface area contributed by atoms with Gasteiger partial charge in [-0.2, -0.15) is 5.10 Å². The fraction of sp³-hybridized carbons (Fsp3) is 0.273. The highest BCUT2D eigenvalue weighted by molar-refractivity contribution is 5.94. The molecule has 1 aliphatic carbocycles. The Balaban J connectivity index is 1.51. The van der Waals surface area contributed by atoms with Gasteiger partial charge in [0.25, 0.3) is 5.91 Å². The number of aliphatic hydroxyl groups is 1. The topological polar surface area (TPSA) is 67.2 Å². The average molecular weight is 361 g/mol. The van der Waals surface area contributed by atoms with Crippen LogP contribution in [-0.4, -0.2) is 26.9 Å². The van der Waals surface area contributed by atoms with E-state index < -0.39 is 0 Å². The van der Waals surface area contributed by atoms with Crippen molar-refractivity contribution in [2.24, 2.45) is 5.92 Å². The molecule has 0 bridgehead atoms. The molecule has 2 aromatic carbocycles. The van der Waals surface area contributed by atoms with Gasteiger partial charge in [-0.05, 0) is 48.1 Å². The van der Waals surface area contributed by atoms with Crippen molar-refractivity contribution in [1.29, 1.82) is 0 Å². The summed E-state index contributed by atoms with van der Waals surface area (Å²) in [5, 5.41) is 17.1. The first kappa shape index (κ1) is 17.5. The van der Waals surface area contributed by atoms with E-state index in [1.54, 1.807) is 6.20 Å². The summed E-state index contributed by atoms with van der Waals surface area (Å²) in [5.41, 5.74) is 2.75. The maximum atomic E-state index is 12.9. The summed E-state index contributed by atoms with van der Waals surface area (Å²) in [6.07, 6.45) is 4.84. The van der Waals surface area contributed by atoms with Crippen LogP contribution in [0.25, 0.3) is 0 Å². The standard InChI is InChI=1S/C22H23N3O2/c26-20-13-19(14-20)21(17-7-2-1-3-8-17)24-22(27)18-9-4-6-16(12-18)15-25-11-5-10-23-25/h1-12,19-21,26H,13-15H2,(H,24,27)/t19?,20?,21-/m0/s1. The van der Waals surface area contributed by atoms with E-state index >= 15 is 0 Å². The van der Waals surface area contributed by atoms with E-state index in [4.69, 9.17) is 0 Å². The summed E-state index contributed by atoms with van der Waals surface area (Å²) in [6.45, 7) is 0.630. The fourth-order valence-corrected chi connectivity index (χ4v) is 3.65. The Kier molecular flexibility index (Phi) is 5.03. The third-order valence-corrected chi connectivity index (χ3v) is 5.16. The number of nitrogens with zero attached hydrogens (tertiary/aromatic N) is 2. The molecule has 1 aliphatic rings. The molecule has 1 aromatic heterocycles. The summed E-state index contributed by atoms with van der Waals surface area (Å²) in [4.78, 5) is 12.9. The number of hydrogen-bond donors (Lipinski definition) is 2. The van der Waals surface area contributed by atoms with Crippen LogP contribution in [-0.2, 0) is 6.54 Å². The molecule has 1 fully saturated rings. The van der Waals surface area contributed by atoms with Crippen LogP contribution in [0.3, 0.4) is 0 Å². The zero-order valence-corrected chi connectivity index (χ0v) is 15.0.